The van der Waals surface area contributed by atoms with Crippen LogP contribution in [0.1, 0.15) is 13.3 Å². The fourth-order valence-electron chi connectivity index (χ4n) is 2.41. The van der Waals surface area contributed by atoms with Gasteiger partial charge in [0.1, 0.15) is 12.4 Å². The first-order chi connectivity index (χ1) is 9.65. The van der Waals surface area contributed by atoms with Gasteiger partial charge in [-0.2, -0.15) is 0 Å². The predicted molar refractivity (Wildman–Crippen MR) is 79.7 cm³/mol. The Morgan fingerprint density at radius 2 is 2.15 bits per heavy atom. The van der Waals surface area contributed by atoms with Crippen LogP contribution in [0.15, 0.2) is 24.3 Å². The van der Waals surface area contributed by atoms with Gasteiger partial charge in [-0.05, 0) is 18.6 Å². The van der Waals surface area contributed by atoms with Crippen molar-refractivity contribution in [1.82, 2.24) is 9.80 Å². The van der Waals surface area contributed by atoms with Crippen LogP contribution < -0.4 is 10.5 Å². The summed E-state index contributed by atoms with van der Waals surface area (Å²) in [6.45, 7) is 6.77. The van der Waals surface area contributed by atoms with E-state index < -0.39 is 0 Å². The smallest absolute Gasteiger partial charge is 0.219 e. The average molecular weight is 277 g/mol. The summed E-state index contributed by atoms with van der Waals surface area (Å²) in [6, 6.07) is 7.48. The number of anilines is 1. The largest absolute Gasteiger partial charge is 0.492 e. The Morgan fingerprint density at radius 3 is 2.90 bits per heavy atom. The molecule has 1 heterocycles. The van der Waals surface area contributed by atoms with Crippen LogP contribution in [0.5, 0.6) is 5.75 Å². The van der Waals surface area contributed by atoms with Crippen molar-refractivity contribution < 1.29 is 9.53 Å². The van der Waals surface area contributed by atoms with E-state index >= 15 is 0 Å². The summed E-state index contributed by atoms with van der Waals surface area (Å²) < 4.78 is 5.70. The van der Waals surface area contributed by atoms with Crippen molar-refractivity contribution in [3.05, 3.63) is 24.3 Å². The topological polar surface area (TPSA) is 58.8 Å². The lowest BCUT2D eigenvalue weighted by Gasteiger charge is -2.21. The summed E-state index contributed by atoms with van der Waals surface area (Å²) in [6.07, 6.45) is 1.03. The molecule has 1 amide bonds. The van der Waals surface area contributed by atoms with Gasteiger partial charge in [-0.25, -0.2) is 0 Å². The zero-order chi connectivity index (χ0) is 14.4. The molecule has 0 unspecified atom stereocenters. The number of carbonyl (C=O) groups is 1. The average Bonchev–Trinajstić information content (AvgIpc) is 2.64. The maximum Gasteiger partial charge on any atom is 0.219 e. The molecule has 1 saturated heterocycles. The first-order valence-corrected chi connectivity index (χ1v) is 7.11. The molecular weight excluding hydrogens is 254 g/mol. The summed E-state index contributed by atoms with van der Waals surface area (Å²) >= 11 is 0. The molecule has 0 atom stereocenters. The maximum absolute atomic E-state index is 11.4. The van der Waals surface area contributed by atoms with Gasteiger partial charge in [0.2, 0.25) is 5.91 Å². The van der Waals surface area contributed by atoms with E-state index in [2.05, 4.69) is 4.90 Å². The van der Waals surface area contributed by atoms with Crippen LogP contribution >= 0.6 is 0 Å². The summed E-state index contributed by atoms with van der Waals surface area (Å²) in [5.74, 6) is 0.980. The van der Waals surface area contributed by atoms with Gasteiger partial charge in [0, 0.05) is 51.4 Å². The minimum absolute atomic E-state index is 0.169. The van der Waals surface area contributed by atoms with E-state index in [0.29, 0.717) is 6.61 Å². The second-order valence-electron chi connectivity index (χ2n) is 5.12. The van der Waals surface area contributed by atoms with Crippen molar-refractivity contribution in [2.45, 2.75) is 13.3 Å². The van der Waals surface area contributed by atoms with Gasteiger partial charge in [-0.3, -0.25) is 9.69 Å². The molecule has 2 rings (SSSR count). The lowest BCUT2D eigenvalue weighted by molar-refractivity contribution is -0.128. The molecule has 0 radical (unpaired) electrons. The SMILES string of the molecule is CC(=O)N1CCCN(CCOc2cccc(N)c2)CC1. The predicted octanol–water partition coefficient (Wildman–Crippen LogP) is 1.20. The minimum Gasteiger partial charge on any atom is -0.492 e. The zero-order valence-corrected chi connectivity index (χ0v) is 12.0. The number of amides is 1. The standard InChI is InChI=1S/C15H23N3O2/c1-13(19)18-7-3-6-17(8-9-18)10-11-20-15-5-2-4-14(16)12-15/h2,4-5,12H,3,6-11,16H2,1H3. The minimum atomic E-state index is 0.169. The molecule has 0 bridgehead atoms. The van der Waals surface area contributed by atoms with Gasteiger partial charge in [-0.15, -0.1) is 0 Å². The van der Waals surface area contributed by atoms with E-state index in [9.17, 15) is 4.79 Å². The lowest BCUT2D eigenvalue weighted by atomic mass is 10.3. The summed E-state index contributed by atoms with van der Waals surface area (Å²) in [5.41, 5.74) is 6.43. The highest BCUT2D eigenvalue weighted by Gasteiger charge is 2.16. The number of hydrogen-bond acceptors (Lipinski definition) is 4. The van der Waals surface area contributed by atoms with Crippen LogP contribution in [0.2, 0.25) is 0 Å². The van der Waals surface area contributed by atoms with E-state index in [1.807, 2.05) is 29.2 Å². The number of nitrogen functional groups attached to an aromatic ring is 1. The second-order valence-corrected chi connectivity index (χ2v) is 5.12. The van der Waals surface area contributed by atoms with Crippen LogP contribution in [0.25, 0.3) is 0 Å². The molecule has 2 N–H and O–H groups in total. The highest BCUT2D eigenvalue weighted by Crippen LogP contribution is 2.14. The van der Waals surface area contributed by atoms with Crippen LogP contribution in [0.3, 0.4) is 0 Å². The first kappa shape index (κ1) is 14.7. The van der Waals surface area contributed by atoms with Gasteiger partial charge < -0.3 is 15.4 Å². The van der Waals surface area contributed by atoms with Crippen molar-refractivity contribution in [3.63, 3.8) is 0 Å². The molecule has 0 spiro atoms. The third-order valence-corrected chi connectivity index (χ3v) is 3.57. The molecule has 0 saturated carbocycles. The summed E-state index contributed by atoms with van der Waals surface area (Å²) in [4.78, 5) is 15.6. The Labute approximate surface area is 120 Å². The van der Waals surface area contributed by atoms with Crippen molar-refractivity contribution in [1.29, 1.82) is 0 Å². The number of hydrogen-bond donors (Lipinski definition) is 1. The molecule has 1 aliphatic heterocycles. The number of rotatable bonds is 4. The number of ether oxygens (including phenoxy) is 1. The van der Waals surface area contributed by atoms with Crippen molar-refractivity contribution in [2.24, 2.45) is 0 Å². The van der Waals surface area contributed by atoms with Gasteiger partial charge >= 0.3 is 0 Å². The summed E-state index contributed by atoms with van der Waals surface area (Å²) in [5, 5.41) is 0. The number of nitrogens with two attached hydrogens (primary N) is 1. The Kier molecular flexibility index (Phi) is 5.24. The van der Waals surface area contributed by atoms with Gasteiger partial charge in [0.25, 0.3) is 0 Å². The van der Waals surface area contributed by atoms with E-state index in [-0.39, 0.29) is 5.91 Å². The van der Waals surface area contributed by atoms with Crippen molar-refractivity contribution in [2.75, 3.05) is 45.1 Å². The molecule has 1 aromatic carbocycles. The van der Waals surface area contributed by atoms with Crippen LogP contribution in [0, 0.1) is 0 Å². The van der Waals surface area contributed by atoms with E-state index in [0.717, 1.165) is 50.6 Å². The first-order valence-electron chi connectivity index (χ1n) is 7.11. The molecule has 0 aliphatic carbocycles. The van der Waals surface area contributed by atoms with E-state index in [4.69, 9.17) is 10.5 Å². The number of nitrogens with zero attached hydrogens (tertiary/aromatic N) is 2. The van der Waals surface area contributed by atoms with E-state index in [1.165, 1.54) is 0 Å². The van der Waals surface area contributed by atoms with Gasteiger partial charge in [-0.1, -0.05) is 6.07 Å². The number of benzene rings is 1. The molecule has 5 nitrogen and oxygen atoms in total. The Morgan fingerprint density at radius 1 is 1.30 bits per heavy atom. The van der Waals surface area contributed by atoms with Crippen LogP contribution in [-0.2, 0) is 4.79 Å². The van der Waals surface area contributed by atoms with Crippen molar-refractivity contribution in [3.8, 4) is 5.75 Å². The Bertz CT molecular complexity index is 450. The highest BCUT2D eigenvalue weighted by atomic mass is 16.5. The molecule has 1 fully saturated rings. The Balaban J connectivity index is 1.73. The zero-order valence-electron chi connectivity index (χ0n) is 12.0. The highest BCUT2D eigenvalue weighted by molar-refractivity contribution is 5.73. The van der Waals surface area contributed by atoms with Crippen LogP contribution in [-0.4, -0.2) is 55.0 Å². The summed E-state index contributed by atoms with van der Waals surface area (Å²) in [7, 11) is 0. The molecule has 110 valence electrons. The molecular formula is C15H23N3O2. The normalized spacial score (nSPS) is 16.8. The molecule has 1 aliphatic rings. The van der Waals surface area contributed by atoms with Crippen molar-refractivity contribution >= 4 is 11.6 Å². The fourth-order valence-corrected chi connectivity index (χ4v) is 2.41. The van der Waals surface area contributed by atoms with Crippen LogP contribution in [0.4, 0.5) is 5.69 Å². The quantitative estimate of drug-likeness (QED) is 0.840. The molecule has 0 aromatic heterocycles. The number of carbonyl (C=O) groups excluding carboxylic acids is 1. The van der Waals surface area contributed by atoms with E-state index in [1.54, 1.807) is 6.92 Å². The van der Waals surface area contributed by atoms with Gasteiger partial charge in [0.05, 0.1) is 0 Å². The third-order valence-electron chi connectivity index (χ3n) is 3.57. The van der Waals surface area contributed by atoms with Gasteiger partial charge in [0.15, 0.2) is 0 Å². The Hall–Kier alpha value is -1.75. The lowest BCUT2D eigenvalue weighted by Crippen LogP contribution is -2.35. The molecule has 20 heavy (non-hydrogen) atoms. The molecule has 1 aromatic rings. The third kappa shape index (κ3) is 4.42. The molecule has 5 heteroatoms. The monoisotopic (exact) mass is 277 g/mol. The maximum atomic E-state index is 11.4. The second kappa shape index (κ2) is 7.14. The fraction of sp³-hybridized carbons (Fsp3) is 0.533.